The second-order valence-electron chi connectivity index (χ2n) is 4.72. The summed E-state index contributed by atoms with van der Waals surface area (Å²) in [6.07, 6.45) is 0.840. The second-order valence-corrected chi connectivity index (χ2v) is 5.57. The Morgan fingerprint density at radius 2 is 1.67 bits per heavy atom. The van der Waals surface area contributed by atoms with Gasteiger partial charge in [0.2, 0.25) is 0 Å². The molecule has 21 heavy (non-hydrogen) atoms. The molecule has 1 atom stereocenters. The smallest absolute Gasteiger partial charge is 0.131 e. The molecule has 5 heteroatoms. The van der Waals surface area contributed by atoms with Gasteiger partial charge in [0.1, 0.15) is 17.5 Å². The minimum atomic E-state index is -0.653. The van der Waals surface area contributed by atoms with Crippen LogP contribution in [0.25, 0.3) is 0 Å². The van der Waals surface area contributed by atoms with Gasteiger partial charge in [0.25, 0.3) is 0 Å². The minimum Gasteiger partial charge on any atom is -0.306 e. The lowest BCUT2D eigenvalue weighted by molar-refractivity contribution is 0.529. The zero-order valence-electron chi connectivity index (χ0n) is 11.5. The highest BCUT2D eigenvalue weighted by atomic mass is 79.9. The van der Waals surface area contributed by atoms with Crippen LogP contribution in [-0.2, 0) is 0 Å². The number of benzene rings is 2. The normalized spacial score (nSPS) is 12.4. The standard InChI is InChI=1S/C16H15BrF3N/c1-2-7-21-16(12-5-3-11(19)9-15(12)20)13-8-10(18)4-6-14(13)17/h3-6,8-9,16,21H,2,7H2,1H3. The lowest BCUT2D eigenvalue weighted by Crippen LogP contribution is -2.24. The average Bonchev–Trinajstić information content (AvgIpc) is 2.44. The maximum absolute atomic E-state index is 14.1. The molecular weight excluding hydrogens is 343 g/mol. The van der Waals surface area contributed by atoms with Crippen molar-refractivity contribution in [1.29, 1.82) is 0 Å². The molecule has 2 aromatic carbocycles. The molecular formula is C16H15BrF3N. The van der Waals surface area contributed by atoms with E-state index in [0.29, 0.717) is 16.6 Å². The number of nitrogens with one attached hydrogen (secondary N) is 1. The van der Waals surface area contributed by atoms with Crippen molar-refractivity contribution < 1.29 is 13.2 Å². The zero-order valence-corrected chi connectivity index (χ0v) is 13.1. The van der Waals surface area contributed by atoms with Crippen LogP contribution >= 0.6 is 15.9 Å². The summed E-state index contributed by atoms with van der Waals surface area (Å²) in [5.41, 5.74) is 0.866. The van der Waals surface area contributed by atoms with E-state index in [1.807, 2.05) is 6.92 Å². The first-order chi connectivity index (χ1) is 10.0. The molecule has 1 nitrogen and oxygen atoms in total. The Kier molecular flexibility index (Phi) is 5.42. The maximum Gasteiger partial charge on any atom is 0.131 e. The molecule has 0 radical (unpaired) electrons. The van der Waals surface area contributed by atoms with Crippen LogP contribution in [0.15, 0.2) is 40.9 Å². The monoisotopic (exact) mass is 357 g/mol. The third kappa shape index (κ3) is 3.86. The van der Waals surface area contributed by atoms with Gasteiger partial charge in [-0.2, -0.15) is 0 Å². The molecule has 0 aliphatic carbocycles. The molecule has 0 spiro atoms. The van der Waals surface area contributed by atoms with Gasteiger partial charge in [-0.15, -0.1) is 0 Å². The molecule has 0 aliphatic heterocycles. The quantitative estimate of drug-likeness (QED) is 0.797. The third-order valence-corrected chi connectivity index (χ3v) is 3.86. The summed E-state index contributed by atoms with van der Waals surface area (Å²) in [5.74, 6) is -1.69. The van der Waals surface area contributed by atoms with Gasteiger partial charge in [0, 0.05) is 16.1 Å². The van der Waals surface area contributed by atoms with Crippen LogP contribution < -0.4 is 5.32 Å². The van der Waals surface area contributed by atoms with Crippen LogP contribution in [-0.4, -0.2) is 6.54 Å². The fraction of sp³-hybridized carbons (Fsp3) is 0.250. The van der Waals surface area contributed by atoms with Crippen LogP contribution in [0.3, 0.4) is 0 Å². The molecule has 0 saturated carbocycles. The number of hydrogen-bond acceptors (Lipinski definition) is 1. The molecule has 0 amide bonds. The summed E-state index contributed by atoms with van der Waals surface area (Å²) in [6.45, 7) is 2.61. The summed E-state index contributed by atoms with van der Waals surface area (Å²) >= 11 is 3.36. The molecule has 2 rings (SSSR count). The first-order valence-electron chi connectivity index (χ1n) is 6.66. The van der Waals surface area contributed by atoms with Gasteiger partial charge in [-0.25, -0.2) is 13.2 Å². The zero-order chi connectivity index (χ0) is 15.4. The lowest BCUT2D eigenvalue weighted by Gasteiger charge is -2.21. The molecule has 0 aliphatic rings. The van der Waals surface area contributed by atoms with Crippen molar-refractivity contribution in [2.45, 2.75) is 19.4 Å². The van der Waals surface area contributed by atoms with Crippen molar-refractivity contribution in [2.24, 2.45) is 0 Å². The summed E-state index contributed by atoms with van der Waals surface area (Å²) < 4.78 is 41.3. The van der Waals surface area contributed by atoms with Crippen molar-refractivity contribution in [1.82, 2.24) is 5.32 Å². The van der Waals surface area contributed by atoms with Gasteiger partial charge in [0.15, 0.2) is 0 Å². The fourth-order valence-corrected chi connectivity index (χ4v) is 2.62. The maximum atomic E-state index is 14.1. The molecule has 0 bridgehead atoms. The molecule has 1 N–H and O–H groups in total. The lowest BCUT2D eigenvalue weighted by atomic mass is 9.97. The number of rotatable bonds is 5. The van der Waals surface area contributed by atoms with Crippen LogP contribution in [0.1, 0.15) is 30.5 Å². The van der Waals surface area contributed by atoms with Crippen LogP contribution in [0.4, 0.5) is 13.2 Å². The Bertz CT molecular complexity index is 631. The van der Waals surface area contributed by atoms with E-state index < -0.39 is 23.5 Å². The van der Waals surface area contributed by atoms with Gasteiger partial charge in [-0.3, -0.25) is 0 Å². The van der Waals surface area contributed by atoms with Crippen molar-refractivity contribution in [3.05, 3.63) is 69.4 Å². The molecule has 1 unspecified atom stereocenters. The number of hydrogen-bond donors (Lipinski definition) is 1. The van der Waals surface area contributed by atoms with E-state index in [9.17, 15) is 13.2 Å². The van der Waals surface area contributed by atoms with Gasteiger partial charge < -0.3 is 5.32 Å². The predicted molar refractivity (Wildman–Crippen MR) is 80.6 cm³/mol. The Balaban J connectivity index is 2.49. The molecule has 0 fully saturated rings. The highest BCUT2D eigenvalue weighted by Crippen LogP contribution is 2.31. The molecule has 2 aromatic rings. The van der Waals surface area contributed by atoms with Crippen LogP contribution in [0.5, 0.6) is 0 Å². The highest BCUT2D eigenvalue weighted by Gasteiger charge is 2.20. The van der Waals surface area contributed by atoms with Gasteiger partial charge >= 0.3 is 0 Å². The second kappa shape index (κ2) is 7.09. The molecule has 0 saturated heterocycles. The number of halogens is 4. The van der Waals surface area contributed by atoms with E-state index in [4.69, 9.17) is 0 Å². The van der Waals surface area contributed by atoms with Crippen molar-refractivity contribution >= 4 is 15.9 Å². The Hall–Kier alpha value is -1.33. The molecule has 0 heterocycles. The van der Waals surface area contributed by atoms with Gasteiger partial charge in [-0.05, 0) is 42.8 Å². The van der Waals surface area contributed by atoms with E-state index in [1.54, 1.807) is 6.07 Å². The van der Waals surface area contributed by atoms with Crippen molar-refractivity contribution in [2.75, 3.05) is 6.54 Å². The SMILES string of the molecule is CCCNC(c1ccc(F)cc1F)c1cc(F)ccc1Br. The Morgan fingerprint density at radius 3 is 2.33 bits per heavy atom. The first kappa shape index (κ1) is 16.0. The Morgan fingerprint density at radius 1 is 1.00 bits per heavy atom. The summed E-state index contributed by atoms with van der Waals surface area (Å²) in [4.78, 5) is 0. The van der Waals surface area contributed by atoms with Gasteiger partial charge in [-0.1, -0.05) is 28.9 Å². The molecule has 0 aromatic heterocycles. The van der Waals surface area contributed by atoms with Crippen LogP contribution in [0, 0.1) is 17.5 Å². The highest BCUT2D eigenvalue weighted by molar-refractivity contribution is 9.10. The fourth-order valence-electron chi connectivity index (χ4n) is 2.15. The van der Waals surface area contributed by atoms with E-state index in [0.717, 1.165) is 12.5 Å². The topological polar surface area (TPSA) is 12.0 Å². The van der Waals surface area contributed by atoms with Crippen LogP contribution in [0.2, 0.25) is 0 Å². The van der Waals surface area contributed by atoms with E-state index in [1.165, 1.54) is 24.3 Å². The third-order valence-electron chi connectivity index (χ3n) is 3.14. The summed E-state index contributed by atoms with van der Waals surface area (Å²) in [5, 5.41) is 3.17. The first-order valence-corrected chi connectivity index (χ1v) is 7.45. The molecule has 112 valence electrons. The van der Waals surface area contributed by atoms with E-state index >= 15 is 0 Å². The average molecular weight is 358 g/mol. The van der Waals surface area contributed by atoms with Crippen molar-refractivity contribution in [3.8, 4) is 0 Å². The summed E-state index contributed by atoms with van der Waals surface area (Å²) in [6, 6.07) is 7.12. The summed E-state index contributed by atoms with van der Waals surface area (Å²) in [7, 11) is 0. The minimum absolute atomic E-state index is 0.288. The van der Waals surface area contributed by atoms with E-state index in [2.05, 4.69) is 21.2 Å². The van der Waals surface area contributed by atoms with Crippen molar-refractivity contribution in [3.63, 3.8) is 0 Å². The predicted octanol–water partition coefficient (Wildman–Crippen LogP) is 4.96. The van der Waals surface area contributed by atoms with Gasteiger partial charge in [0.05, 0.1) is 6.04 Å². The Labute approximate surface area is 130 Å². The largest absolute Gasteiger partial charge is 0.306 e. The van der Waals surface area contributed by atoms with E-state index in [-0.39, 0.29) is 5.56 Å².